The number of rotatable bonds is 8. The van der Waals surface area contributed by atoms with Crippen molar-refractivity contribution >= 4 is 15.9 Å². The number of carbonyl (C=O) groups is 1. The summed E-state index contributed by atoms with van der Waals surface area (Å²) < 4.78 is 44.8. The third-order valence-electron chi connectivity index (χ3n) is 4.04. The van der Waals surface area contributed by atoms with Crippen molar-refractivity contribution in [3.05, 3.63) is 65.5 Å². The average Bonchev–Trinajstić information content (AvgIpc) is 2.62. The normalized spacial score (nSPS) is 12.4. The van der Waals surface area contributed by atoms with Crippen molar-refractivity contribution in [3.63, 3.8) is 0 Å². The highest BCUT2D eigenvalue weighted by atomic mass is 32.2. The lowest BCUT2D eigenvalue weighted by atomic mass is 10.0. The van der Waals surface area contributed by atoms with Crippen LogP contribution in [0.5, 0.6) is 5.75 Å². The number of methoxy groups -OCH3 is 1. The van der Waals surface area contributed by atoms with E-state index < -0.39 is 21.9 Å². The molecule has 2 rings (SSSR count). The zero-order valence-electron chi connectivity index (χ0n) is 15.5. The molecule has 0 heterocycles. The van der Waals surface area contributed by atoms with Crippen molar-refractivity contribution in [1.29, 1.82) is 0 Å². The van der Waals surface area contributed by atoms with Crippen molar-refractivity contribution in [2.75, 3.05) is 20.4 Å². The summed E-state index contributed by atoms with van der Waals surface area (Å²) in [6.45, 7) is 0.0969. The SMILES string of the molecule is COc1ccc([C@@H](CC(=O)N(C)Cc2ccccc2F)NS(C)(=O)=O)cc1. The van der Waals surface area contributed by atoms with Gasteiger partial charge in [-0.2, -0.15) is 0 Å². The van der Waals surface area contributed by atoms with Crippen LogP contribution in [0.2, 0.25) is 0 Å². The molecule has 2 aromatic carbocycles. The van der Waals surface area contributed by atoms with Crippen LogP contribution in [0.3, 0.4) is 0 Å². The van der Waals surface area contributed by atoms with E-state index in [-0.39, 0.29) is 18.9 Å². The van der Waals surface area contributed by atoms with E-state index in [2.05, 4.69) is 4.72 Å². The first-order valence-corrected chi connectivity index (χ1v) is 10.2. The molecule has 0 spiro atoms. The lowest BCUT2D eigenvalue weighted by molar-refractivity contribution is -0.130. The molecule has 0 saturated carbocycles. The Morgan fingerprint density at radius 2 is 1.81 bits per heavy atom. The van der Waals surface area contributed by atoms with Gasteiger partial charge in [-0.05, 0) is 23.8 Å². The molecule has 6 nitrogen and oxygen atoms in total. The van der Waals surface area contributed by atoms with Crippen molar-refractivity contribution in [1.82, 2.24) is 9.62 Å². The predicted molar refractivity (Wildman–Crippen MR) is 101 cm³/mol. The minimum absolute atomic E-state index is 0.0929. The van der Waals surface area contributed by atoms with Crippen LogP contribution in [0.1, 0.15) is 23.6 Å². The van der Waals surface area contributed by atoms with E-state index in [0.717, 1.165) is 6.26 Å². The summed E-state index contributed by atoms with van der Waals surface area (Å²) in [7, 11) is -0.450. The van der Waals surface area contributed by atoms with Gasteiger partial charge in [0.15, 0.2) is 0 Å². The molecule has 0 bridgehead atoms. The van der Waals surface area contributed by atoms with Crippen LogP contribution in [0.15, 0.2) is 48.5 Å². The fraction of sp³-hybridized carbons (Fsp3) is 0.316. The van der Waals surface area contributed by atoms with Crippen molar-refractivity contribution in [3.8, 4) is 5.75 Å². The lowest BCUT2D eigenvalue weighted by Crippen LogP contribution is -2.34. The minimum Gasteiger partial charge on any atom is -0.497 e. The summed E-state index contributed by atoms with van der Waals surface area (Å²) in [5, 5.41) is 0. The Kier molecular flexibility index (Phi) is 6.92. The predicted octanol–water partition coefficient (Wildman–Crippen LogP) is 2.47. The van der Waals surface area contributed by atoms with E-state index in [1.807, 2.05) is 0 Å². The Hall–Kier alpha value is -2.45. The number of hydrogen-bond donors (Lipinski definition) is 1. The van der Waals surface area contributed by atoms with E-state index >= 15 is 0 Å². The fourth-order valence-electron chi connectivity index (χ4n) is 2.62. The van der Waals surface area contributed by atoms with E-state index in [0.29, 0.717) is 16.9 Å². The van der Waals surface area contributed by atoms with Gasteiger partial charge in [0.2, 0.25) is 15.9 Å². The summed E-state index contributed by atoms with van der Waals surface area (Å²) in [4.78, 5) is 14.0. The first kappa shape index (κ1) is 20.9. The van der Waals surface area contributed by atoms with Crippen LogP contribution < -0.4 is 9.46 Å². The second-order valence-corrected chi connectivity index (χ2v) is 8.04. The third kappa shape index (κ3) is 6.33. The quantitative estimate of drug-likeness (QED) is 0.746. The molecule has 2 aromatic rings. The number of nitrogens with one attached hydrogen (secondary N) is 1. The number of amides is 1. The van der Waals surface area contributed by atoms with Crippen molar-refractivity contribution in [2.24, 2.45) is 0 Å². The highest BCUT2D eigenvalue weighted by Gasteiger charge is 2.22. The number of hydrogen-bond acceptors (Lipinski definition) is 4. The number of carbonyl (C=O) groups excluding carboxylic acids is 1. The molecule has 27 heavy (non-hydrogen) atoms. The second kappa shape index (κ2) is 8.96. The molecule has 1 atom stereocenters. The summed E-state index contributed by atoms with van der Waals surface area (Å²) in [5.74, 6) is -0.0758. The molecule has 0 aromatic heterocycles. The maximum absolute atomic E-state index is 13.8. The Bertz CT molecular complexity index is 885. The molecule has 0 aliphatic rings. The molecule has 1 amide bonds. The second-order valence-electron chi connectivity index (χ2n) is 6.26. The van der Waals surface area contributed by atoms with Gasteiger partial charge in [0.25, 0.3) is 0 Å². The van der Waals surface area contributed by atoms with Gasteiger partial charge in [-0.15, -0.1) is 0 Å². The molecule has 0 fully saturated rings. The Labute approximate surface area is 159 Å². The van der Waals surface area contributed by atoms with Gasteiger partial charge < -0.3 is 9.64 Å². The fourth-order valence-corrected chi connectivity index (χ4v) is 3.36. The highest BCUT2D eigenvalue weighted by Crippen LogP contribution is 2.22. The van der Waals surface area contributed by atoms with Crippen LogP contribution in [0.4, 0.5) is 4.39 Å². The molecular weight excluding hydrogens is 371 g/mol. The number of ether oxygens (including phenoxy) is 1. The topological polar surface area (TPSA) is 75.7 Å². The van der Waals surface area contributed by atoms with Crippen LogP contribution >= 0.6 is 0 Å². The number of sulfonamides is 1. The van der Waals surface area contributed by atoms with E-state index in [1.54, 1.807) is 49.5 Å². The van der Waals surface area contributed by atoms with E-state index in [9.17, 15) is 17.6 Å². The molecule has 0 aliphatic heterocycles. The van der Waals surface area contributed by atoms with Gasteiger partial charge >= 0.3 is 0 Å². The molecular formula is C19H23FN2O4S. The first-order chi connectivity index (χ1) is 12.7. The van der Waals surface area contributed by atoms with Gasteiger partial charge in [0, 0.05) is 25.6 Å². The van der Waals surface area contributed by atoms with E-state index in [1.165, 1.54) is 18.1 Å². The highest BCUT2D eigenvalue weighted by molar-refractivity contribution is 7.88. The van der Waals surface area contributed by atoms with Gasteiger partial charge in [-0.3, -0.25) is 4.79 Å². The maximum atomic E-state index is 13.8. The number of nitrogens with zero attached hydrogens (tertiary/aromatic N) is 1. The summed E-state index contributed by atoms with van der Waals surface area (Å²) >= 11 is 0. The van der Waals surface area contributed by atoms with Crippen LogP contribution in [-0.4, -0.2) is 39.6 Å². The van der Waals surface area contributed by atoms with Gasteiger partial charge in [0.1, 0.15) is 11.6 Å². The molecule has 0 unspecified atom stereocenters. The monoisotopic (exact) mass is 394 g/mol. The number of halogens is 1. The van der Waals surface area contributed by atoms with Crippen molar-refractivity contribution < 1.29 is 22.3 Å². The minimum atomic E-state index is -3.54. The zero-order valence-corrected chi connectivity index (χ0v) is 16.3. The molecule has 146 valence electrons. The van der Waals surface area contributed by atoms with Gasteiger partial charge in [-0.1, -0.05) is 30.3 Å². The van der Waals surface area contributed by atoms with Crippen LogP contribution in [0, 0.1) is 5.82 Å². The van der Waals surface area contributed by atoms with Gasteiger partial charge in [-0.25, -0.2) is 17.5 Å². The lowest BCUT2D eigenvalue weighted by Gasteiger charge is -2.23. The van der Waals surface area contributed by atoms with E-state index in [4.69, 9.17) is 4.74 Å². The maximum Gasteiger partial charge on any atom is 0.224 e. The average molecular weight is 394 g/mol. The molecule has 0 aliphatic carbocycles. The van der Waals surface area contributed by atoms with Crippen molar-refractivity contribution in [2.45, 2.75) is 19.0 Å². The summed E-state index contributed by atoms with van der Waals surface area (Å²) in [5.41, 5.74) is 1.03. The summed E-state index contributed by atoms with van der Waals surface area (Å²) in [6, 6.07) is 12.3. The molecule has 0 saturated heterocycles. The molecule has 0 radical (unpaired) electrons. The Morgan fingerprint density at radius 1 is 1.19 bits per heavy atom. The summed E-state index contributed by atoms with van der Waals surface area (Å²) in [6.07, 6.45) is 0.946. The standard InChI is InChI=1S/C19H23FN2O4S/c1-22(13-15-6-4-5-7-17(15)20)19(23)12-18(21-27(3,24)25)14-8-10-16(26-2)11-9-14/h4-11,18,21H,12-13H2,1-3H3/t18-/m1/s1. The smallest absolute Gasteiger partial charge is 0.224 e. The van der Waals surface area contributed by atoms with Crippen LogP contribution in [-0.2, 0) is 21.4 Å². The third-order valence-corrected chi connectivity index (χ3v) is 4.76. The zero-order chi connectivity index (χ0) is 20.0. The van der Waals surface area contributed by atoms with Gasteiger partial charge in [0.05, 0.1) is 19.4 Å². The first-order valence-electron chi connectivity index (χ1n) is 8.28. The number of benzene rings is 2. The van der Waals surface area contributed by atoms with Crippen LogP contribution in [0.25, 0.3) is 0 Å². The Morgan fingerprint density at radius 3 is 2.37 bits per heavy atom. The molecule has 1 N–H and O–H groups in total. The Balaban J connectivity index is 2.15. The molecule has 8 heteroatoms. The largest absolute Gasteiger partial charge is 0.497 e.